The van der Waals surface area contributed by atoms with Gasteiger partial charge in [-0.2, -0.15) is 0 Å². The maximum Gasteiger partial charge on any atom is 0.166 e. The van der Waals surface area contributed by atoms with E-state index in [1.807, 2.05) is 12.1 Å². The summed E-state index contributed by atoms with van der Waals surface area (Å²) >= 11 is 0. The molecule has 0 aliphatic heterocycles. The highest BCUT2D eigenvalue weighted by atomic mass is 19.2. The fraction of sp³-hybridized carbons (Fsp3) is 0.421. The Labute approximate surface area is 245 Å². The third-order valence-corrected chi connectivity index (χ3v) is 8.56. The Hall–Kier alpha value is -3.07. The Morgan fingerprint density at radius 3 is 2.07 bits per heavy atom. The van der Waals surface area contributed by atoms with Crippen molar-refractivity contribution in [3.8, 4) is 22.3 Å². The molecule has 0 aromatic heterocycles. The molecule has 0 saturated carbocycles. The molecular weight excluding hydrogens is 513 g/mol. The SMILES string of the molecule is C/C=C/CCC1CC=C(c2ccc(-c3ccc(-c4ccc(CCCCCCCCC)c(F)c4F)cc3)c(F)c2)CC1. The average molecular weight is 559 g/mol. The van der Waals surface area contributed by atoms with Crippen molar-refractivity contribution >= 4 is 5.57 Å². The van der Waals surface area contributed by atoms with Gasteiger partial charge in [-0.15, -0.1) is 0 Å². The molecule has 0 spiro atoms. The van der Waals surface area contributed by atoms with Gasteiger partial charge < -0.3 is 0 Å². The van der Waals surface area contributed by atoms with E-state index in [4.69, 9.17) is 0 Å². The minimum atomic E-state index is -0.807. The standard InChI is InChI=1S/C38H45F3/c1-3-5-7-8-9-10-12-14-32-23-26-35(38(41)37(32)40)31-21-19-30(20-22-31)34-25-24-33(27-36(34)39)29-17-15-28(16-18-29)13-11-6-4-2/h4,6,17,19-28H,3,5,7-16,18H2,1-2H3/b6-4+. The van der Waals surface area contributed by atoms with E-state index in [0.29, 0.717) is 29.0 Å². The lowest BCUT2D eigenvalue weighted by molar-refractivity contribution is 0.454. The van der Waals surface area contributed by atoms with Gasteiger partial charge in [-0.3, -0.25) is 0 Å². The number of aryl methyl sites for hydroxylation is 1. The second kappa shape index (κ2) is 15.8. The number of allylic oxidation sites excluding steroid dienone is 4. The van der Waals surface area contributed by atoms with E-state index in [-0.39, 0.29) is 11.4 Å². The van der Waals surface area contributed by atoms with Crippen molar-refractivity contribution in [1.29, 1.82) is 0 Å². The van der Waals surface area contributed by atoms with Crippen LogP contribution in [0.2, 0.25) is 0 Å². The minimum Gasteiger partial charge on any atom is -0.206 e. The molecule has 0 fully saturated rings. The summed E-state index contributed by atoms with van der Waals surface area (Å²) < 4.78 is 45.1. The smallest absolute Gasteiger partial charge is 0.166 e. The number of hydrogen-bond acceptors (Lipinski definition) is 0. The van der Waals surface area contributed by atoms with Crippen molar-refractivity contribution < 1.29 is 13.2 Å². The lowest BCUT2D eigenvalue weighted by atomic mass is 9.84. The van der Waals surface area contributed by atoms with Gasteiger partial charge in [-0.1, -0.05) is 112 Å². The van der Waals surface area contributed by atoms with E-state index in [2.05, 4.69) is 32.1 Å². The molecule has 0 heterocycles. The third-order valence-electron chi connectivity index (χ3n) is 8.56. The molecule has 3 heteroatoms. The van der Waals surface area contributed by atoms with Crippen molar-refractivity contribution in [3.05, 3.63) is 101 Å². The van der Waals surface area contributed by atoms with Gasteiger partial charge in [0.05, 0.1) is 0 Å². The number of unbranched alkanes of at least 4 members (excludes halogenated alkanes) is 6. The molecular formula is C38H45F3. The minimum absolute atomic E-state index is 0.237. The van der Waals surface area contributed by atoms with Gasteiger partial charge in [0.15, 0.2) is 11.6 Å². The van der Waals surface area contributed by atoms with Crippen LogP contribution in [0.3, 0.4) is 0 Å². The van der Waals surface area contributed by atoms with Crippen LogP contribution in [-0.4, -0.2) is 0 Å². The Morgan fingerprint density at radius 1 is 0.756 bits per heavy atom. The molecule has 1 aliphatic carbocycles. The molecule has 1 atom stereocenters. The highest BCUT2D eigenvalue weighted by molar-refractivity contribution is 5.74. The molecule has 1 unspecified atom stereocenters. The summed E-state index contributed by atoms with van der Waals surface area (Å²) in [4.78, 5) is 0. The van der Waals surface area contributed by atoms with Crippen LogP contribution >= 0.6 is 0 Å². The average Bonchev–Trinajstić information content (AvgIpc) is 2.99. The number of rotatable bonds is 14. The van der Waals surface area contributed by atoms with E-state index in [0.717, 1.165) is 56.1 Å². The molecule has 1 aliphatic rings. The van der Waals surface area contributed by atoms with E-state index in [1.165, 1.54) is 37.7 Å². The summed E-state index contributed by atoms with van der Waals surface area (Å²) in [6.07, 6.45) is 20.7. The second-order valence-corrected chi connectivity index (χ2v) is 11.6. The van der Waals surface area contributed by atoms with Crippen molar-refractivity contribution in [2.75, 3.05) is 0 Å². The van der Waals surface area contributed by atoms with Crippen molar-refractivity contribution in [3.63, 3.8) is 0 Å². The maximum absolute atomic E-state index is 15.2. The topological polar surface area (TPSA) is 0 Å². The lowest BCUT2D eigenvalue weighted by Gasteiger charge is -2.22. The highest BCUT2D eigenvalue weighted by Crippen LogP contribution is 2.35. The van der Waals surface area contributed by atoms with Gasteiger partial charge in [0.25, 0.3) is 0 Å². The molecule has 4 rings (SSSR count). The molecule has 41 heavy (non-hydrogen) atoms. The van der Waals surface area contributed by atoms with Crippen molar-refractivity contribution in [2.24, 2.45) is 5.92 Å². The van der Waals surface area contributed by atoms with Gasteiger partial charge >= 0.3 is 0 Å². The summed E-state index contributed by atoms with van der Waals surface area (Å²) in [5.41, 5.74) is 4.66. The predicted molar refractivity (Wildman–Crippen MR) is 168 cm³/mol. The molecule has 0 N–H and O–H groups in total. The Morgan fingerprint density at radius 2 is 1.41 bits per heavy atom. The van der Waals surface area contributed by atoms with E-state index >= 15 is 8.78 Å². The quantitative estimate of drug-likeness (QED) is 0.136. The monoisotopic (exact) mass is 558 g/mol. The fourth-order valence-corrected chi connectivity index (χ4v) is 5.97. The predicted octanol–water partition coefficient (Wildman–Crippen LogP) is 12.3. The van der Waals surface area contributed by atoms with Crippen LogP contribution in [0.25, 0.3) is 27.8 Å². The summed E-state index contributed by atoms with van der Waals surface area (Å²) in [6, 6.07) is 15.9. The number of hydrogen-bond donors (Lipinski definition) is 0. The van der Waals surface area contributed by atoms with Crippen molar-refractivity contribution in [2.45, 2.75) is 97.3 Å². The van der Waals surface area contributed by atoms with Crippen LogP contribution in [-0.2, 0) is 6.42 Å². The van der Waals surface area contributed by atoms with E-state index in [9.17, 15) is 4.39 Å². The van der Waals surface area contributed by atoms with Crippen LogP contribution in [0.5, 0.6) is 0 Å². The zero-order valence-electron chi connectivity index (χ0n) is 24.8. The molecule has 0 bridgehead atoms. The normalized spacial score (nSPS) is 15.4. The fourth-order valence-electron chi connectivity index (χ4n) is 5.97. The first kappa shape index (κ1) is 30.9. The van der Waals surface area contributed by atoms with Gasteiger partial charge in [0, 0.05) is 11.1 Å². The van der Waals surface area contributed by atoms with Crippen LogP contribution < -0.4 is 0 Å². The summed E-state index contributed by atoms with van der Waals surface area (Å²) in [6.45, 7) is 4.26. The number of halogens is 3. The first-order chi connectivity index (χ1) is 20.0. The van der Waals surface area contributed by atoms with Gasteiger partial charge in [0.2, 0.25) is 0 Å². The zero-order valence-corrected chi connectivity index (χ0v) is 24.8. The summed E-state index contributed by atoms with van der Waals surface area (Å²) in [5.74, 6) is -1.12. The van der Waals surface area contributed by atoms with Crippen LogP contribution in [0.1, 0.15) is 102 Å². The number of benzene rings is 3. The lowest BCUT2D eigenvalue weighted by Crippen LogP contribution is -2.05. The molecule has 0 radical (unpaired) electrons. The second-order valence-electron chi connectivity index (χ2n) is 11.6. The molecule has 3 aromatic rings. The van der Waals surface area contributed by atoms with Crippen LogP contribution in [0, 0.1) is 23.4 Å². The molecule has 0 nitrogen and oxygen atoms in total. The van der Waals surface area contributed by atoms with Gasteiger partial charge in [-0.25, -0.2) is 13.2 Å². The first-order valence-corrected chi connectivity index (χ1v) is 15.7. The van der Waals surface area contributed by atoms with Gasteiger partial charge in [0.1, 0.15) is 5.82 Å². The zero-order chi connectivity index (χ0) is 29.0. The Balaban J connectivity index is 1.38. The summed E-state index contributed by atoms with van der Waals surface area (Å²) in [5, 5.41) is 0. The first-order valence-electron chi connectivity index (χ1n) is 15.7. The van der Waals surface area contributed by atoms with Crippen LogP contribution in [0.4, 0.5) is 13.2 Å². The Kier molecular flexibility index (Phi) is 11.9. The molecule has 0 saturated heterocycles. The largest absolute Gasteiger partial charge is 0.206 e. The van der Waals surface area contributed by atoms with Crippen LogP contribution in [0.15, 0.2) is 72.8 Å². The maximum atomic E-state index is 15.2. The third kappa shape index (κ3) is 8.47. The van der Waals surface area contributed by atoms with Crippen molar-refractivity contribution in [1.82, 2.24) is 0 Å². The van der Waals surface area contributed by atoms with E-state index < -0.39 is 11.6 Å². The Bertz CT molecular complexity index is 1320. The molecule has 218 valence electrons. The molecule has 0 amide bonds. The van der Waals surface area contributed by atoms with Gasteiger partial charge in [-0.05, 0) is 91.7 Å². The van der Waals surface area contributed by atoms with E-state index in [1.54, 1.807) is 42.5 Å². The summed E-state index contributed by atoms with van der Waals surface area (Å²) in [7, 11) is 0. The highest BCUT2D eigenvalue weighted by Gasteiger charge is 2.17. The molecule has 3 aromatic carbocycles.